The Kier molecular flexibility index (Phi) is 5.19. The Morgan fingerprint density at radius 3 is 2.88 bits per heavy atom. The van der Waals surface area contributed by atoms with Crippen LogP contribution in [0, 0.1) is 5.92 Å². The molecule has 2 heterocycles. The molecule has 1 aromatic carbocycles. The zero-order valence-corrected chi connectivity index (χ0v) is 14.1. The van der Waals surface area contributed by atoms with E-state index in [1.54, 1.807) is 41.3 Å². The number of amides is 2. The number of piperidine rings is 1. The number of furan rings is 1. The number of nitrogens with zero attached hydrogens (tertiary/aromatic N) is 1. The average Bonchev–Trinajstić information content (AvgIpc) is 3.16. The number of likely N-dealkylation sites (tertiary alicyclic amines) is 1. The maximum absolute atomic E-state index is 12.9. The highest BCUT2D eigenvalue weighted by atomic mass is 16.3. The van der Waals surface area contributed by atoms with Gasteiger partial charge in [-0.15, -0.1) is 0 Å². The van der Waals surface area contributed by atoms with E-state index in [2.05, 4.69) is 12.2 Å². The molecular weight excluding hydrogens is 320 g/mol. The van der Waals surface area contributed by atoms with Crippen LogP contribution in [0.25, 0.3) is 0 Å². The summed E-state index contributed by atoms with van der Waals surface area (Å²) in [4.78, 5) is 26.7. The first-order valence-corrected chi connectivity index (χ1v) is 8.47. The first-order valence-electron chi connectivity index (χ1n) is 8.47. The van der Waals surface area contributed by atoms with Gasteiger partial charge in [-0.25, -0.2) is 0 Å². The summed E-state index contributed by atoms with van der Waals surface area (Å²) < 4.78 is 5.07. The third-order valence-electron chi connectivity index (χ3n) is 4.68. The summed E-state index contributed by atoms with van der Waals surface area (Å²) >= 11 is 0. The summed E-state index contributed by atoms with van der Waals surface area (Å²) in [5.74, 6) is -0.0133. The number of aliphatic hydroxyl groups excluding tert-OH is 1. The van der Waals surface area contributed by atoms with Crippen LogP contribution in [-0.4, -0.2) is 41.0 Å². The van der Waals surface area contributed by atoms with E-state index >= 15 is 0 Å². The van der Waals surface area contributed by atoms with Crippen molar-refractivity contribution in [2.45, 2.75) is 25.8 Å². The Morgan fingerprint density at radius 2 is 2.16 bits per heavy atom. The molecule has 25 heavy (non-hydrogen) atoms. The Balaban J connectivity index is 1.76. The highest BCUT2D eigenvalue weighted by Crippen LogP contribution is 2.25. The minimum atomic E-state index is -0.366. The van der Waals surface area contributed by atoms with Crippen molar-refractivity contribution in [3.05, 3.63) is 54.0 Å². The molecule has 0 aliphatic carbocycles. The summed E-state index contributed by atoms with van der Waals surface area (Å²) in [5, 5.41) is 12.4. The molecule has 1 aromatic heterocycles. The molecule has 0 bridgehead atoms. The number of benzene rings is 1. The second-order valence-electron chi connectivity index (χ2n) is 6.38. The van der Waals surface area contributed by atoms with E-state index in [1.165, 1.54) is 6.26 Å². The van der Waals surface area contributed by atoms with Gasteiger partial charge in [-0.2, -0.15) is 0 Å². The van der Waals surface area contributed by atoms with E-state index in [4.69, 9.17) is 4.42 Å². The fourth-order valence-corrected chi connectivity index (χ4v) is 3.28. The van der Waals surface area contributed by atoms with Crippen LogP contribution >= 0.6 is 0 Å². The molecule has 2 amide bonds. The van der Waals surface area contributed by atoms with Crippen molar-refractivity contribution >= 4 is 17.5 Å². The second kappa shape index (κ2) is 7.53. The molecule has 0 radical (unpaired) electrons. The van der Waals surface area contributed by atoms with Crippen LogP contribution in [0.1, 0.15) is 40.7 Å². The molecule has 6 heteroatoms. The molecular formula is C19H22N2O4. The number of carbonyl (C=O) groups is 2. The van der Waals surface area contributed by atoms with Crippen LogP contribution < -0.4 is 5.32 Å². The van der Waals surface area contributed by atoms with Crippen molar-refractivity contribution < 1.29 is 19.1 Å². The summed E-state index contributed by atoms with van der Waals surface area (Å²) in [6.45, 7) is 2.65. The van der Waals surface area contributed by atoms with Crippen molar-refractivity contribution in [3.8, 4) is 0 Å². The second-order valence-corrected chi connectivity index (χ2v) is 6.38. The van der Waals surface area contributed by atoms with E-state index in [9.17, 15) is 14.7 Å². The maximum atomic E-state index is 12.9. The number of hydrogen-bond acceptors (Lipinski definition) is 4. The molecule has 132 valence electrons. The fraction of sp³-hybridized carbons (Fsp3) is 0.368. The van der Waals surface area contributed by atoms with Gasteiger partial charge in [0, 0.05) is 17.8 Å². The van der Waals surface area contributed by atoms with Crippen LogP contribution in [0.5, 0.6) is 0 Å². The molecule has 1 fully saturated rings. The van der Waals surface area contributed by atoms with Gasteiger partial charge in [0.05, 0.1) is 18.9 Å². The van der Waals surface area contributed by atoms with Crippen molar-refractivity contribution in [2.24, 2.45) is 5.92 Å². The number of hydrogen-bond donors (Lipinski definition) is 2. The molecule has 0 spiro atoms. The summed E-state index contributed by atoms with van der Waals surface area (Å²) in [6.07, 6.45) is 3.37. The quantitative estimate of drug-likeness (QED) is 0.895. The average molecular weight is 342 g/mol. The van der Waals surface area contributed by atoms with Crippen LogP contribution in [0.2, 0.25) is 0 Å². The van der Waals surface area contributed by atoms with Crippen molar-refractivity contribution in [1.82, 2.24) is 4.90 Å². The Bertz CT molecular complexity index is 742. The molecule has 2 unspecified atom stereocenters. The number of rotatable bonds is 4. The molecule has 1 aliphatic rings. The molecule has 0 saturated carbocycles. The van der Waals surface area contributed by atoms with Crippen molar-refractivity contribution in [1.29, 1.82) is 0 Å². The molecule has 2 atom stereocenters. The standard InChI is InChI=1S/C19H22N2O4/c1-13-5-3-9-21(16(13)12-22)19(24)14-6-2-7-15(11-14)20-18(23)17-8-4-10-25-17/h2,4,6-8,10-11,13,16,22H,3,5,9,12H2,1H3,(H,20,23). The fourth-order valence-electron chi connectivity index (χ4n) is 3.28. The van der Waals surface area contributed by atoms with Crippen LogP contribution in [0.3, 0.4) is 0 Å². The zero-order valence-electron chi connectivity index (χ0n) is 14.1. The summed E-state index contributed by atoms with van der Waals surface area (Å²) in [7, 11) is 0. The molecule has 2 N–H and O–H groups in total. The molecule has 3 rings (SSSR count). The van der Waals surface area contributed by atoms with E-state index in [1.807, 2.05) is 0 Å². The molecule has 1 aliphatic heterocycles. The topological polar surface area (TPSA) is 82.8 Å². The number of aliphatic hydroxyl groups is 1. The predicted molar refractivity (Wildman–Crippen MR) is 93.4 cm³/mol. The normalized spacial score (nSPS) is 20.3. The third-order valence-corrected chi connectivity index (χ3v) is 4.68. The van der Waals surface area contributed by atoms with Gasteiger partial charge in [0.2, 0.25) is 0 Å². The van der Waals surface area contributed by atoms with Crippen LogP contribution in [0.4, 0.5) is 5.69 Å². The van der Waals surface area contributed by atoms with Gasteiger partial charge in [0.1, 0.15) is 0 Å². The van der Waals surface area contributed by atoms with E-state index in [0.29, 0.717) is 17.8 Å². The van der Waals surface area contributed by atoms with Gasteiger partial charge in [-0.3, -0.25) is 9.59 Å². The van der Waals surface area contributed by atoms with Gasteiger partial charge in [-0.05, 0) is 49.1 Å². The lowest BCUT2D eigenvalue weighted by atomic mass is 9.90. The molecule has 1 saturated heterocycles. The van der Waals surface area contributed by atoms with Crippen molar-refractivity contribution in [2.75, 3.05) is 18.5 Å². The lowest BCUT2D eigenvalue weighted by molar-refractivity contribution is 0.0358. The number of nitrogens with one attached hydrogen (secondary N) is 1. The molecule has 2 aromatic rings. The van der Waals surface area contributed by atoms with Crippen LogP contribution in [0.15, 0.2) is 47.1 Å². The Morgan fingerprint density at radius 1 is 1.32 bits per heavy atom. The Hall–Kier alpha value is -2.60. The highest BCUT2D eigenvalue weighted by Gasteiger charge is 2.31. The molecule has 6 nitrogen and oxygen atoms in total. The maximum Gasteiger partial charge on any atom is 0.291 e. The third kappa shape index (κ3) is 3.74. The Labute approximate surface area is 146 Å². The SMILES string of the molecule is CC1CCCN(C(=O)c2cccc(NC(=O)c3ccco3)c2)C1CO. The first-order chi connectivity index (χ1) is 12.1. The van der Waals surface area contributed by atoms with Gasteiger partial charge in [-0.1, -0.05) is 13.0 Å². The minimum absolute atomic E-state index is 0.0399. The predicted octanol–water partition coefficient (Wildman–Crippen LogP) is 2.76. The smallest absolute Gasteiger partial charge is 0.291 e. The zero-order chi connectivity index (χ0) is 17.8. The highest BCUT2D eigenvalue weighted by molar-refractivity contribution is 6.03. The summed E-state index contributed by atoms with van der Waals surface area (Å²) in [5.41, 5.74) is 1.02. The largest absolute Gasteiger partial charge is 0.459 e. The first kappa shape index (κ1) is 17.2. The lowest BCUT2D eigenvalue weighted by Crippen LogP contribution is -2.49. The summed E-state index contributed by atoms with van der Waals surface area (Å²) in [6, 6.07) is 9.87. The minimum Gasteiger partial charge on any atom is -0.459 e. The number of carbonyl (C=O) groups excluding carboxylic acids is 2. The van der Waals surface area contributed by atoms with E-state index < -0.39 is 0 Å². The monoisotopic (exact) mass is 342 g/mol. The van der Waals surface area contributed by atoms with E-state index in [-0.39, 0.29) is 36.1 Å². The number of anilines is 1. The van der Waals surface area contributed by atoms with E-state index in [0.717, 1.165) is 12.8 Å². The van der Waals surface area contributed by atoms with Gasteiger partial charge < -0.3 is 19.7 Å². The van der Waals surface area contributed by atoms with Crippen molar-refractivity contribution in [3.63, 3.8) is 0 Å². The van der Waals surface area contributed by atoms with Gasteiger partial charge >= 0.3 is 0 Å². The van der Waals surface area contributed by atoms with Crippen LogP contribution in [-0.2, 0) is 0 Å². The lowest BCUT2D eigenvalue weighted by Gasteiger charge is -2.39. The van der Waals surface area contributed by atoms with Gasteiger partial charge in [0.15, 0.2) is 5.76 Å². The van der Waals surface area contributed by atoms with Gasteiger partial charge in [0.25, 0.3) is 11.8 Å².